The SMILES string of the molecule is Cc1cc(N)cc(C(=O)N(C)Cc2cccc(O)c2)c1. The molecule has 0 aliphatic rings. The predicted molar refractivity (Wildman–Crippen MR) is 79.5 cm³/mol. The van der Waals surface area contributed by atoms with Crippen LogP contribution in [-0.2, 0) is 6.54 Å². The molecule has 0 bridgehead atoms. The van der Waals surface area contributed by atoms with Gasteiger partial charge in [0, 0.05) is 24.8 Å². The number of amides is 1. The quantitative estimate of drug-likeness (QED) is 0.842. The van der Waals surface area contributed by atoms with Crippen LogP contribution < -0.4 is 5.73 Å². The van der Waals surface area contributed by atoms with E-state index in [-0.39, 0.29) is 11.7 Å². The first-order valence-corrected chi connectivity index (χ1v) is 6.36. The fraction of sp³-hybridized carbons (Fsp3) is 0.188. The highest BCUT2D eigenvalue weighted by Crippen LogP contribution is 2.16. The van der Waals surface area contributed by atoms with Crippen LogP contribution in [0.4, 0.5) is 5.69 Å². The van der Waals surface area contributed by atoms with Gasteiger partial charge in [-0.15, -0.1) is 0 Å². The maximum Gasteiger partial charge on any atom is 0.253 e. The van der Waals surface area contributed by atoms with Gasteiger partial charge in [-0.05, 0) is 48.4 Å². The van der Waals surface area contributed by atoms with Crippen molar-refractivity contribution in [3.05, 3.63) is 59.2 Å². The topological polar surface area (TPSA) is 66.6 Å². The third-order valence-electron chi connectivity index (χ3n) is 3.02. The number of anilines is 1. The van der Waals surface area contributed by atoms with Crippen molar-refractivity contribution in [2.45, 2.75) is 13.5 Å². The standard InChI is InChI=1S/C16H18N2O2/c1-11-6-13(9-14(17)7-11)16(20)18(2)10-12-4-3-5-15(19)8-12/h3-9,19H,10,17H2,1-2H3. The summed E-state index contributed by atoms with van der Waals surface area (Å²) in [6.45, 7) is 2.34. The second-order valence-electron chi connectivity index (χ2n) is 4.96. The van der Waals surface area contributed by atoms with E-state index in [0.717, 1.165) is 11.1 Å². The second kappa shape index (κ2) is 5.65. The summed E-state index contributed by atoms with van der Waals surface area (Å²) >= 11 is 0. The summed E-state index contributed by atoms with van der Waals surface area (Å²) in [6, 6.07) is 12.2. The Morgan fingerprint density at radius 1 is 1.25 bits per heavy atom. The molecule has 0 aliphatic carbocycles. The van der Waals surface area contributed by atoms with Gasteiger partial charge in [0.15, 0.2) is 0 Å². The maximum absolute atomic E-state index is 12.3. The molecule has 2 aromatic rings. The summed E-state index contributed by atoms with van der Waals surface area (Å²) in [4.78, 5) is 13.9. The van der Waals surface area contributed by atoms with E-state index in [0.29, 0.717) is 17.8 Å². The van der Waals surface area contributed by atoms with Gasteiger partial charge >= 0.3 is 0 Å². The first-order valence-electron chi connectivity index (χ1n) is 6.36. The van der Waals surface area contributed by atoms with Crippen LogP contribution in [0.5, 0.6) is 5.75 Å². The molecule has 0 saturated heterocycles. The number of aryl methyl sites for hydroxylation is 1. The number of carbonyl (C=O) groups is 1. The highest BCUT2D eigenvalue weighted by atomic mass is 16.3. The number of rotatable bonds is 3. The van der Waals surface area contributed by atoms with Crippen LogP contribution in [0.25, 0.3) is 0 Å². The van der Waals surface area contributed by atoms with Crippen molar-refractivity contribution >= 4 is 11.6 Å². The minimum Gasteiger partial charge on any atom is -0.508 e. The van der Waals surface area contributed by atoms with Crippen molar-refractivity contribution in [1.82, 2.24) is 4.90 Å². The number of phenolic OH excluding ortho intramolecular Hbond substituents is 1. The molecule has 20 heavy (non-hydrogen) atoms. The lowest BCUT2D eigenvalue weighted by Gasteiger charge is -2.18. The molecule has 0 atom stereocenters. The van der Waals surface area contributed by atoms with Gasteiger partial charge in [-0.2, -0.15) is 0 Å². The van der Waals surface area contributed by atoms with Crippen molar-refractivity contribution in [2.75, 3.05) is 12.8 Å². The number of nitrogen functional groups attached to an aromatic ring is 1. The van der Waals surface area contributed by atoms with Crippen molar-refractivity contribution in [3.8, 4) is 5.75 Å². The van der Waals surface area contributed by atoms with Gasteiger partial charge in [0.05, 0.1) is 0 Å². The molecule has 0 saturated carbocycles. The van der Waals surface area contributed by atoms with Crippen LogP contribution in [0, 0.1) is 6.92 Å². The molecular weight excluding hydrogens is 252 g/mol. The van der Waals surface area contributed by atoms with E-state index in [1.807, 2.05) is 25.1 Å². The molecule has 4 nitrogen and oxygen atoms in total. The average Bonchev–Trinajstić information content (AvgIpc) is 2.36. The third-order valence-corrected chi connectivity index (χ3v) is 3.02. The molecule has 0 radical (unpaired) electrons. The smallest absolute Gasteiger partial charge is 0.253 e. The minimum atomic E-state index is -0.0938. The Morgan fingerprint density at radius 3 is 2.65 bits per heavy atom. The zero-order chi connectivity index (χ0) is 14.7. The second-order valence-corrected chi connectivity index (χ2v) is 4.96. The lowest BCUT2D eigenvalue weighted by atomic mass is 10.1. The van der Waals surface area contributed by atoms with E-state index in [2.05, 4.69) is 0 Å². The molecule has 0 aliphatic heterocycles. The highest BCUT2D eigenvalue weighted by Gasteiger charge is 2.13. The van der Waals surface area contributed by atoms with E-state index >= 15 is 0 Å². The van der Waals surface area contributed by atoms with Crippen molar-refractivity contribution in [1.29, 1.82) is 0 Å². The van der Waals surface area contributed by atoms with Crippen LogP contribution in [-0.4, -0.2) is 23.0 Å². The monoisotopic (exact) mass is 270 g/mol. The molecule has 104 valence electrons. The van der Waals surface area contributed by atoms with E-state index < -0.39 is 0 Å². The van der Waals surface area contributed by atoms with Gasteiger partial charge in [-0.25, -0.2) is 0 Å². The Bertz CT molecular complexity index is 618. The number of phenols is 1. The molecule has 4 heteroatoms. The van der Waals surface area contributed by atoms with Gasteiger partial charge in [0.1, 0.15) is 5.75 Å². The minimum absolute atomic E-state index is 0.0938. The normalized spacial score (nSPS) is 10.3. The molecule has 2 rings (SSSR count). The van der Waals surface area contributed by atoms with Gasteiger partial charge in [0.2, 0.25) is 0 Å². The zero-order valence-corrected chi connectivity index (χ0v) is 11.6. The average molecular weight is 270 g/mol. The first kappa shape index (κ1) is 13.9. The molecule has 0 fully saturated rings. The molecule has 0 heterocycles. The van der Waals surface area contributed by atoms with Crippen LogP contribution in [0.2, 0.25) is 0 Å². The summed E-state index contributed by atoms with van der Waals surface area (Å²) < 4.78 is 0. The van der Waals surface area contributed by atoms with Crippen LogP contribution in [0.15, 0.2) is 42.5 Å². The fourth-order valence-corrected chi connectivity index (χ4v) is 2.16. The Labute approximate surface area is 118 Å². The number of nitrogens with two attached hydrogens (primary N) is 1. The lowest BCUT2D eigenvalue weighted by Crippen LogP contribution is -2.26. The number of aromatic hydroxyl groups is 1. The largest absolute Gasteiger partial charge is 0.508 e. The Hall–Kier alpha value is -2.49. The number of carbonyl (C=O) groups excluding carboxylic acids is 1. The predicted octanol–water partition coefficient (Wildman–Crippen LogP) is 2.56. The number of nitrogens with zero attached hydrogens (tertiary/aromatic N) is 1. The van der Waals surface area contributed by atoms with Crippen molar-refractivity contribution in [2.24, 2.45) is 0 Å². The lowest BCUT2D eigenvalue weighted by molar-refractivity contribution is 0.0785. The van der Waals surface area contributed by atoms with E-state index in [1.54, 1.807) is 36.2 Å². The highest BCUT2D eigenvalue weighted by molar-refractivity contribution is 5.95. The molecule has 1 amide bonds. The summed E-state index contributed by atoms with van der Waals surface area (Å²) in [5.41, 5.74) is 8.76. The molecule has 0 unspecified atom stereocenters. The number of benzene rings is 2. The van der Waals surface area contributed by atoms with E-state index in [9.17, 15) is 9.90 Å². The Morgan fingerprint density at radius 2 is 2.00 bits per heavy atom. The fourth-order valence-electron chi connectivity index (χ4n) is 2.16. The van der Waals surface area contributed by atoms with Crippen LogP contribution in [0.1, 0.15) is 21.5 Å². The zero-order valence-electron chi connectivity index (χ0n) is 11.6. The van der Waals surface area contributed by atoms with Gasteiger partial charge in [-0.1, -0.05) is 12.1 Å². The first-order chi connectivity index (χ1) is 9.45. The molecule has 2 aromatic carbocycles. The van der Waals surface area contributed by atoms with Gasteiger partial charge < -0.3 is 15.7 Å². The van der Waals surface area contributed by atoms with Crippen LogP contribution >= 0.6 is 0 Å². The Balaban J connectivity index is 2.16. The maximum atomic E-state index is 12.3. The van der Waals surface area contributed by atoms with Crippen molar-refractivity contribution in [3.63, 3.8) is 0 Å². The number of hydrogen-bond donors (Lipinski definition) is 2. The summed E-state index contributed by atoms with van der Waals surface area (Å²) in [7, 11) is 1.73. The summed E-state index contributed by atoms with van der Waals surface area (Å²) in [5, 5.41) is 9.43. The molecule has 0 spiro atoms. The summed E-state index contributed by atoms with van der Waals surface area (Å²) in [5.74, 6) is 0.104. The Kier molecular flexibility index (Phi) is 3.94. The van der Waals surface area contributed by atoms with Crippen molar-refractivity contribution < 1.29 is 9.90 Å². The summed E-state index contributed by atoms with van der Waals surface area (Å²) in [6.07, 6.45) is 0. The van der Waals surface area contributed by atoms with Gasteiger partial charge in [-0.3, -0.25) is 4.79 Å². The molecule has 0 aromatic heterocycles. The molecule has 3 N–H and O–H groups in total. The molecular formula is C16H18N2O2. The third kappa shape index (κ3) is 3.29. The van der Waals surface area contributed by atoms with Gasteiger partial charge in [0.25, 0.3) is 5.91 Å². The van der Waals surface area contributed by atoms with Crippen LogP contribution in [0.3, 0.4) is 0 Å². The van der Waals surface area contributed by atoms with E-state index in [4.69, 9.17) is 5.73 Å². The number of hydrogen-bond acceptors (Lipinski definition) is 3. The van der Waals surface area contributed by atoms with E-state index in [1.165, 1.54) is 0 Å².